The third kappa shape index (κ3) is 3.41. The van der Waals surface area contributed by atoms with E-state index in [1.54, 1.807) is 12.1 Å². The van der Waals surface area contributed by atoms with Gasteiger partial charge < -0.3 is 5.32 Å². The summed E-state index contributed by atoms with van der Waals surface area (Å²) in [5, 5.41) is 3.46. The number of hydrogen-bond donors (Lipinski definition) is 1. The molecule has 2 aromatic carbocycles. The highest BCUT2D eigenvalue weighted by Gasteiger charge is 2.08. The number of nitrogens with one attached hydrogen (secondary N) is 1. The predicted octanol–water partition coefficient (Wildman–Crippen LogP) is 4.07. The molecular formula is C16H18FN. The first-order valence-electron chi connectivity index (χ1n) is 6.32. The van der Waals surface area contributed by atoms with Crippen molar-refractivity contribution in [1.82, 2.24) is 5.32 Å². The molecule has 2 rings (SSSR count). The summed E-state index contributed by atoms with van der Waals surface area (Å²) in [7, 11) is 0. The Morgan fingerprint density at radius 1 is 1.06 bits per heavy atom. The summed E-state index contributed by atoms with van der Waals surface area (Å²) in [4.78, 5) is 0. The Balaban J connectivity index is 2.02. The van der Waals surface area contributed by atoms with Crippen LogP contribution < -0.4 is 5.32 Å². The highest BCUT2D eigenvalue weighted by atomic mass is 19.1. The smallest absolute Gasteiger partial charge is 0.123 e. The van der Waals surface area contributed by atoms with Gasteiger partial charge in [0.2, 0.25) is 0 Å². The van der Waals surface area contributed by atoms with Crippen molar-refractivity contribution in [1.29, 1.82) is 0 Å². The highest BCUT2D eigenvalue weighted by Crippen LogP contribution is 2.18. The van der Waals surface area contributed by atoms with Gasteiger partial charge in [-0.25, -0.2) is 4.39 Å². The van der Waals surface area contributed by atoms with E-state index in [0.717, 1.165) is 18.5 Å². The zero-order valence-corrected chi connectivity index (χ0v) is 10.6. The van der Waals surface area contributed by atoms with Gasteiger partial charge >= 0.3 is 0 Å². The molecular weight excluding hydrogens is 225 g/mol. The van der Waals surface area contributed by atoms with Crippen LogP contribution in [0.25, 0.3) is 0 Å². The number of rotatable bonds is 5. The fraction of sp³-hybridized carbons (Fsp3) is 0.250. The summed E-state index contributed by atoms with van der Waals surface area (Å²) in [6.07, 6.45) is 0.941. The van der Waals surface area contributed by atoms with E-state index < -0.39 is 0 Å². The van der Waals surface area contributed by atoms with Gasteiger partial charge in [-0.05, 0) is 29.7 Å². The SMILES string of the molecule is CCC(NCc1ccccc1)c1cccc(F)c1. The van der Waals surface area contributed by atoms with Crippen molar-refractivity contribution in [2.24, 2.45) is 0 Å². The predicted molar refractivity (Wildman–Crippen MR) is 72.7 cm³/mol. The lowest BCUT2D eigenvalue weighted by Crippen LogP contribution is -2.20. The van der Waals surface area contributed by atoms with Crippen molar-refractivity contribution in [2.45, 2.75) is 25.9 Å². The van der Waals surface area contributed by atoms with Crippen LogP contribution in [-0.4, -0.2) is 0 Å². The maximum Gasteiger partial charge on any atom is 0.123 e. The molecule has 0 aliphatic heterocycles. The van der Waals surface area contributed by atoms with E-state index in [2.05, 4.69) is 24.4 Å². The molecule has 2 aromatic rings. The summed E-state index contributed by atoms with van der Waals surface area (Å²) in [5.41, 5.74) is 2.25. The van der Waals surface area contributed by atoms with Crippen LogP contribution in [0.3, 0.4) is 0 Å². The van der Waals surface area contributed by atoms with Crippen LogP contribution in [0.5, 0.6) is 0 Å². The fourth-order valence-electron chi connectivity index (χ4n) is 2.06. The van der Waals surface area contributed by atoms with Crippen molar-refractivity contribution in [3.8, 4) is 0 Å². The first-order valence-corrected chi connectivity index (χ1v) is 6.32. The Morgan fingerprint density at radius 3 is 2.50 bits per heavy atom. The van der Waals surface area contributed by atoms with Crippen LogP contribution in [0.15, 0.2) is 54.6 Å². The van der Waals surface area contributed by atoms with Crippen LogP contribution in [-0.2, 0) is 6.54 Å². The molecule has 0 aromatic heterocycles. The van der Waals surface area contributed by atoms with Gasteiger partial charge in [0.05, 0.1) is 0 Å². The first-order chi connectivity index (χ1) is 8.79. The van der Waals surface area contributed by atoms with E-state index in [9.17, 15) is 4.39 Å². The second-order valence-electron chi connectivity index (χ2n) is 4.38. The van der Waals surface area contributed by atoms with Gasteiger partial charge in [-0.3, -0.25) is 0 Å². The van der Waals surface area contributed by atoms with Crippen molar-refractivity contribution in [3.63, 3.8) is 0 Å². The molecule has 0 fully saturated rings. The lowest BCUT2D eigenvalue weighted by molar-refractivity contribution is 0.514. The Hall–Kier alpha value is -1.67. The molecule has 0 heterocycles. The van der Waals surface area contributed by atoms with Gasteiger partial charge in [0.25, 0.3) is 0 Å². The summed E-state index contributed by atoms with van der Waals surface area (Å²) in [6, 6.07) is 17.2. The van der Waals surface area contributed by atoms with Crippen LogP contribution >= 0.6 is 0 Å². The molecule has 0 bridgehead atoms. The molecule has 0 saturated carbocycles. The highest BCUT2D eigenvalue weighted by molar-refractivity contribution is 5.21. The minimum atomic E-state index is -0.174. The zero-order chi connectivity index (χ0) is 12.8. The maximum absolute atomic E-state index is 13.2. The second-order valence-corrected chi connectivity index (χ2v) is 4.38. The quantitative estimate of drug-likeness (QED) is 0.834. The normalized spacial score (nSPS) is 12.3. The Kier molecular flexibility index (Phi) is 4.48. The monoisotopic (exact) mass is 243 g/mol. The molecule has 18 heavy (non-hydrogen) atoms. The Bertz CT molecular complexity index is 481. The molecule has 0 amide bonds. The largest absolute Gasteiger partial charge is 0.306 e. The third-order valence-electron chi connectivity index (χ3n) is 3.05. The number of hydrogen-bond acceptors (Lipinski definition) is 1. The molecule has 0 radical (unpaired) electrons. The number of benzene rings is 2. The molecule has 0 aliphatic carbocycles. The standard InChI is InChI=1S/C16H18FN/c1-2-16(14-9-6-10-15(17)11-14)18-12-13-7-4-3-5-8-13/h3-11,16,18H,2,12H2,1H3. The van der Waals surface area contributed by atoms with Crippen molar-refractivity contribution < 1.29 is 4.39 Å². The molecule has 1 nitrogen and oxygen atoms in total. The van der Waals surface area contributed by atoms with Gasteiger partial charge in [0.15, 0.2) is 0 Å². The lowest BCUT2D eigenvalue weighted by atomic mass is 10.0. The average molecular weight is 243 g/mol. The maximum atomic E-state index is 13.2. The van der Waals surface area contributed by atoms with Crippen molar-refractivity contribution in [2.75, 3.05) is 0 Å². The molecule has 0 aliphatic rings. The topological polar surface area (TPSA) is 12.0 Å². The molecule has 1 unspecified atom stereocenters. The van der Waals surface area contributed by atoms with E-state index in [1.807, 2.05) is 24.3 Å². The van der Waals surface area contributed by atoms with Crippen LogP contribution in [0.4, 0.5) is 4.39 Å². The third-order valence-corrected chi connectivity index (χ3v) is 3.05. The van der Waals surface area contributed by atoms with E-state index >= 15 is 0 Å². The van der Waals surface area contributed by atoms with Crippen LogP contribution in [0.1, 0.15) is 30.5 Å². The van der Waals surface area contributed by atoms with Crippen LogP contribution in [0.2, 0.25) is 0 Å². The van der Waals surface area contributed by atoms with Gasteiger partial charge in [-0.2, -0.15) is 0 Å². The Morgan fingerprint density at radius 2 is 1.83 bits per heavy atom. The summed E-state index contributed by atoms with van der Waals surface area (Å²) < 4.78 is 13.2. The lowest BCUT2D eigenvalue weighted by Gasteiger charge is -2.17. The fourth-order valence-corrected chi connectivity index (χ4v) is 2.06. The van der Waals surface area contributed by atoms with Gasteiger partial charge in [-0.15, -0.1) is 0 Å². The second kappa shape index (κ2) is 6.31. The minimum absolute atomic E-state index is 0.174. The Labute approximate surface area is 108 Å². The molecule has 94 valence electrons. The summed E-state index contributed by atoms with van der Waals surface area (Å²) >= 11 is 0. The van der Waals surface area contributed by atoms with E-state index in [4.69, 9.17) is 0 Å². The van der Waals surface area contributed by atoms with Gasteiger partial charge in [-0.1, -0.05) is 49.4 Å². The van der Waals surface area contributed by atoms with Gasteiger partial charge in [0.1, 0.15) is 5.82 Å². The van der Waals surface area contributed by atoms with E-state index in [1.165, 1.54) is 11.6 Å². The minimum Gasteiger partial charge on any atom is -0.306 e. The van der Waals surface area contributed by atoms with E-state index in [-0.39, 0.29) is 11.9 Å². The first kappa shape index (κ1) is 12.8. The van der Waals surface area contributed by atoms with E-state index in [0.29, 0.717) is 0 Å². The summed E-state index contributed by atoms with van der Waals surface area (Å²) in [6.45, 7) is 2.91. The zero-order valence-electron chi connectivity index (χ0n) is 10.6. The molecule has 0 saturated heterocycles. The molecule has 2 heteroatoms. The summed E-state index contributed by atoms with van der Waals surface area (Å²) in [5.74, 6) is -0.174. The molecule has 0 spiro atoms. The molecule has 1 N–H and O–H groups in total. The van der Waals surface area contributed by atoms with Crippen molar-refractivity contribution >= 4 is 0 Å². The van der Waals surface area contributed by atoms with Crippen LogP contribution in [0, 0.1) is 5.82 Å². The van der Waals surface area contributed by atoms with Gasteiger partial charge in [0, 0.05) is 12.6 Å². The van der Waals surface area contributed by atoms with Crippen molar-refractivity contribution in [3.05, 3.63) is 71.5 Å². The number of halogens is 1. The average Bonchev–Trinajstić information content (AvgIpc) is 2.41. The molecule has 1 atom stereocenters.